The lowest BCUT2D eigenvalue weighted by Crippen LogP contribution is -2.00. The molecular formula is C11H10N4O2S. The molecule has 0 atom stereocenters. The van der Waals surface area contributed by atoms with Crippen molar-refractivity contribution in [1.29, 1.82) is 0 Å². The summed E-state index contributed by atoms with van der Waals surface area (Å²) in [7, 11) is 1.87. The summed E-state index contributed by atoms with van der Waals surface area (Å²) in [6, 6.07) is 3.96. The van der Waals surface area contributed by atoms with E-state index in [2.05, 4.69) is 10.1 Å². The van der Waals surface area contributed by atoms with E-state index in [0.717, 1.165) is 10.7 Å². The van der Waals surface area contributed by atoms with Crippen LogP contribution in [0, 0.1) is 0 Å². The number of hydrogen-bond acceptors (Lipinski definition) is 4. The molecule has 6 nitrogen and oxygen atoms in total. The number of carboxylic acids is 1. The molecule has 3 aromatic heterocycles. The van der Waals surface area contributed by atoms with Crippen LogP contribution in [0.4, 0.5) is 0 Å². The molecule has 3 aromatic rings. The van der Waals surface area contributed by atoms with Gasteiger partial charge < -0.3 is 5.11 Å². The first-order chi connectivity index (χ1) is 8.65. The van der Waals surface area contributed by atoms with Crippen molar-refractivity contribution in [2.24, 2.45) is 7.05 Å². The van der Waals surface area contributed by atoms with Crippen LogP contribution in [0.25, 0.3) is 16.5 Å². The van der Waals surface area contributed by atoms with Crippen LogP contribution in [-0.2, 0) is 18.3 Å². The van der Waals surface area contributed by atoms with Crippen LogP contribution >= 0.6 is 11.3 Å². The van der Waals surface area contributed by atoms with Gasteiger partial charge >= 0.3 is 5.97 Å². The summed E-state index contributed by atoms with van der Waals surface area (Å²) >= 11 is 1.61. The number of carbonyl (C=O) groups is 1. The minimum absolute atomic E-state index is 0.0856. The Morgan fingerprint density at radius 1 is 1.56 bits per heavy atom. The van der Waals surface area contributed by atoms with Crippen molar-refractivity contribution < 1.29 is 9.90 Å². The summed E-state index contributed by atoms with van der Waals surface area (Å²) in [6.07, 6.45) is 1.57. The van der Waals surface area contributed by atoms with Gasteiger partial charge in [0.1, 0.15) is 0 Å². The van der Waals surface area contributed by atoms with Crippen LogP contribution in [0.5, 0.6) is 0 Å². The Morgan fingerprint density at radius 2 is 2.39 bits per heavy atom. The summed E-state index contributed by atoms with van der Waals surface area (Å²) in [6.45, 7) is 0. The number of aryl methyl sites for hydroxylation is 1. The predicted molar refractivity (Wildman–Crippen MR) is 66.6 cm³/mol. The molecule has 0 aliphatic heterocycles. The number of rotatable bonds is 3. The summed E-state index contributed by atoms with van der Waals surface area (Å²) in [4.78, 5) is 16.0. The summed E-state index contributed by atoms with van der Waals surface area (Å²) in [5.41, 5.74) is 0.512. The minimum Gasteiger partial charge on any atom is -0.481 e. The van der Waals surface area contributed by atoms with E-state index in [0.29, 0.717) is 11.5 Å². The lowest BCUT2D eigenvalue weighted by molar-refractivity contribution is -0.136. The highest BCUT2D eigenvalue weighted by Gasteiger charge is 2.14. The first kappa shape index (κ1) is 11.0. The molecule has 0 aliphatic carbocycles. The van der Waals surface area contributed by atoms with Crippen molar-refractivity contribution >= 4 is 23.1 Å². The quantitative estimate of drug-likeness (QED) is 0.775. The van der Waals surface area contributed by atoms with Gasteiger partial charge in [-0.2, -0.15) is 0 Å². The summed E-state index contributed by atoms with van der Waals surface area (Å²) < 4.78 is 3.48. The maximum atomic E-state index is 10.6. The van der Waals surface area contributed by atoms with Crippen molar-refractivity contribution in [2.75, 3.05) is 0 Å². The van der Waals surface area contributed by atoms with E-state index in [1.54, 1.807) is 22.0 Å². The standard InChI is InChI=1S/C11H10N4O2S/c1-14-10(8-3-2-4-18-8)13-15-6-7(5-9(16)17)12-11(14)15/h2-4,6H,5H2,1H3,(H,16,17). The Balaban J connectivity index is 2.08. The van der Waals surface area contributed by atoms with E-state index in [-0.39, 0.29) is 6.42 Å². The molecule has 7 heteroatoms. The first-order valence-electron chi connectivity index (χ1n) is 5.32. The van der Waals surface area contributed by atoms with Crippen LogP contribution in [0.1, 0.15) is 5.69 Å². The maximum Gasteiger partial charge on any atom is 0.309 e. The van der Waals surface area contributed by atoms with Crippen molar-refractivity contribution in [3.05, 3.63) is 29.4 Å². The third-order valence-corrected chi connectivity index (χ3v) is 3.48. The van der Waals surface area contributed by atoms with E-state index in [9.17, 15) is 4.79 Å². The Morgan fingerprint density at radius 3 is 3.00 bits per heavy atom. The van der Waals surface area contributed by atoms with Gasteiger partial charge in [0, 0.05) is 7.05 Å². The highest BCUT2D eigenvalue weighted by Crippen LogP contribution is 2.23. The molecule has 0 saturated carbocycles. The SMILES string of the molecule is Cn1c(-c2cccs2)nn2cc(CC(=O)O)nc12. The van der Waals surface area contributed by atoms with Crippen molar-refractivity contribution in [3.63, 3.8) is 0 Å². The highest BCUT2D eigenvalue weighted by atomic mass is 32.1. The second-order valence-corrected chi connectivity index (χ2v) is 4.85. The fourth-order valence-corrected chi connectivity index (χ4v) is 2.58. The van der Waals surface area contributed by atoms with E-state index < -0.39 is 5.97 Å². The molecule has 0 bridgehead atoms. The molecule has 18 heavy (non-hydrogen) atoms. The highest BCUT2D eigenvalue weighted by molar-refractivity contribution is 7.13. The monoisotopic (exact) mass is 262 g/mol. The lowest BCUT2D eigenvalue weighted by atomic mass is 10.3. The molecule has 0 unspecified atom stereocenters. The second-order valence-electron chi connectivity index (χ2n) is 3.91. The topological polar surface area (TPSA) is 72.4 Å². The van der Waals surface area contributed by atoms with Gasteiger partial charge in [-0.15, -0.1) is 16.4 Å². The average molecular weight is 262 g/mol. The smallest absolute Gasteiger partial charge is 0.309 e. The van der Waals surface area contributed by atoms with Crippen molar-refractivity contribution in [3.8, 4) is 10.7 Å². The van der Waals surface area contributed by atoms with Gasteiger partial charge in [0.25, 0.3) is 0 Å². The minimum atomic E-state index is -0.892. The number of thiophene rings is 1. The van der Waals surface area contributed by atoms with Crippen LogP contribution in [0.3, 0.4) is 0 Å². The molecule has 0 saturated heterocycles. The lowest BCUT2D eigenvalue weighted by Gasteiger charge is -1.95. The van der Waals surface area contributed by atoms with Gasteiger partial charge in [0.15, 0.2) is 5.82 Å². The Labute approximate surface area is 106 Å². The molecule has 0 radical (unpaired) electrons. The molecule has 1 N–H and O–H groups in total. The van der Waals surface area contributed by atoms with E-state index in [1.165, 1.54) is 0 Å². The number of aromatic nitrogens is 4. The Hall–Kier alpha value is -2.15. The molecule has 0 fully saturated rings. The average Bonchev–Trinajstić information content (AvgIpc) is 2.96. The predicted octanol–water partition coefficient (Wildman–Crippen LogP) is 1.42. The zero-order valence-corrected chi connectivity index (χ0v) is 10.4. The van der Waals surface area contributed by atoms with Crippen LogP contribution in [-0.4, -0.2) is 30.2 Å². The molecule has 0 amide bonds. The van der Waals surface area contributed by atoms with Gasteiger partial charge in [-0.1, -0.05) is 6.07 Å². The Bertz CT molecular complexity index is 711. The number of aliphatic carboxylic acids is 1. The number of nitrogens with zero attached hydrogens (tertiary/aromatic N) is 4. The fraction of sp³-hybridized carbons (Fsp3) is 0.182. The number of hydrogen-bond donors (Lipinski definition) is 1. The summed E-state index contributed by atoms with van der Waals surface area (Å²) in [5, 5.41) is 15.1. The molecule has 92 valence electrons. The molecule has 0 spiro atoms. The summed E-state index contributed by atoms with van der Waals surface area (Å²) in [5.74, 6) is 0.584. The maximum absolute atomic E-state index is 10.6. The molecular weight excluding hydrogens is 252 g/mol. The van der Waals surface area contributed by atoms with Crippen LogP contribution in [0.2, 0.25) is 0 Å². The van der Waals surface area contributed by atoms with Crippen molar-refractivity contribution in [1.82, 2.24) is 19.2 Å². The molecule has 3 heterocycles. The van der Waals surface area contributed by atoms with Gasteiger partial charge in [-0.3, -0.25) is 9.36 Å². The van der Waals surface area contributed by atoms with Gasteiger partial charge in [-0.05, 0) is 11.4 Å². The number of imidazole rings is 1. The van der Waals surface area contributed by atoms with Gasteiger partial charge in [-0.25, -0.2) is 9.50 Å². The molecule has 0 aromatic carbocycles. The zero-order valence-electron chi connectivity index (χ0n) is 9.57. The Kier molecular flexibility index (Phi) is 2.41. The van der Waals surface area contributed by atoms with E-state index >= 15 is 0 Å². The second kappa shape index (κ2) is 3.95. The fourth-order valence-electron chi connectivity index (χ4n) is 1.83. The molecule has 0 aliphatic rings. The van der Waals surface area contributed by atoms with Crippen LogP contribution < -0.4 is 0 Å². The van der Waals surface area contributed by atoms with E-state index in [4.69, 9.17) is 5.11 Å². The van der Waals surface area contributed by atoms with Crippen molar-refractivity contribution in [2.45, 2.75) is 6.42 Å². The molecule has 3 rings (SSSR count). The largest absolute Gasteiger partial charge is 0.481 e. The number of carboxylic acid groups (broad SMARTS) is 1. The number of fused-ring (bicyclic) bond motifs is 1. The van der Waals surface area contributed by atoms with Crippen LogP contribution in [0.15, 0.2) is 23.7 Å². The van der Waals surface area contributed by atoms with E-state index in [1.807, 2.05) is 29.1 Å². The first-order valence-corrected chi connectivity index (χ1v) is 6.20. The van der Waals surface area contributed by atoms with Gasteiger partial charge in [0.2, 0.25) is 5.78 Å². The third-order valence-electron chi connectivity index (χ3n) is 2.61. The van der Waals surface area contributed by atoms with Gasteiger partial charge in [0.05, 0.1) is 23.2 Å². The zero-order chi connectivity index (χ0) is 12.7. The third kappa shape index (κ3) is 1.68. The normalized spacial score (nSPS) is 11.2.